The van der Waals surface area contributed by atoms with Crippen LogP contribution in [0.2, 0.25) is 0 Å². The highest BCUT2D eigenvalue weighted by atomic mass is 16.5. The van der Waals surface area contributed by atoms with Gasteiger partial charge in [0, 0.05) is 41.9 Å². The maximum Gasteiger partial charge on any atom is 0.138 e. The lowest BCUT2D eigenvalue weighted by Crippen LogP contribution is -2.89. The van der Waals surface area contributed by atoms with Gasteiger partial charge in [0.25, 0.3) is 0 Å². The summed E-state index contributed by atoms with van der Waals surface area (Å²) < 4.78 is 13.3. The molecule has 3 aromatic heterocycles. The van der Waals surface area contributed by atoms with Gasteiger partial charge in [-0.25, -0.2) is 9.50 Å². The molecule has 3 atom stereocenters. The van der Waals surface area contributed by atoms with E-state index in [0.717, 1.165) is 36.5 Å². The van der Waals surface area contributed by atoms with E-state index in [4.69, 9.17) is 14.5 Å². The van der Waals surface area contributed by atoms with E-state index in [9.17, 15) is 15.2 Å². The van der Waals surface area contributed by atoms with E-state index in [-0.39, 0.29) is 12.1 Å². The summed E-state index contributed by atoms with van der Waals surface area (Å²) in [4.78, 5) is 18.8. The quantitative estimate of drug-likeness (QED) is 0.438. The molecule has 2 aliphatic heterocycles. The normalized spacial score (nSPS) is 23.4. The van der Waals surface area contributed by atoms with Crippen LogP contribution in [0, 0.1) is 11.3 Å². The minimum Gasteiger partial charge on any atom is -0.530 e. The molecule has 3 unspecified atom stereocenters. The lowest BCUT2D eigenvalue weighted by molar-refractivity contribution is -0.677. The number of nitrogens with zero attached hydrogens (tertiary/aromatic N) is 5. The smallest absolute Gasteiger partial charge is 0.138 e. The molecule has 3 aromatic rings. The summed E-state index contributed by atoms with van der Waals surface area (Å²) in [7, 11) is 0. The van der Waals surface area contributed by atoms with Gasteiger partial charge in [-0.1, -0.05) is 6.92 Å². The molecule has 2 saturated heterocycles. The first-order valence-corrected chi connectivity index (χ1v) is 13.6. The summed E-state index contributed by atoms with van der Waals surface area (Å²) in [6.07, 6.45) is 6.68. The van der Waals surface area contributed by atoms with Crippen LogP contribution in [0.1, 0.15) is 45.1 Å². The molecule has 2 aliphatic rings. The van der Waals surface area contributed by atoms with Gasteiger partial charge in [-0.3, -0.25) is 0 Å². The number of nitrogens with one attached hydrogen (secondary N) is 1. The van der Waals surface area contributed by atoms with Crippen LogP contribution < -0.4 is 25.4 Å². The number of pyridine rings is 2. The number of hydrogen-bond donors (Lipinski definition) is 2. The zero-order valence-electron chi connectivity index (χ0n) is 22.4. The second kappa shape index (κ2) is 11.5. The van der Waals surface area contributed by atoms with E-state index in [0.29, 0.717) is 55.9 Å². The van der Waals surface area contributed by atoms with E-state index in [1.807, 2.05) is 31.3 Å². The number of quaternary nitrogens is 1. The minimum atomic E-state index is -1.24. The Morgan fingerprint density at radius 3 is 2.92 bits per heavy atom. The zero-order valence-corrected chi connectivity index (χ0v) is 22.4. The number of anilines is 1. The van der Waals surface area contributed by atoms with Crippen molar-refractivity contribution >= 4 is 17.4 Å². The SMILES string of the molecule is CCOc1cc(-c2ccc(N3CCC(CC4C[NH2+]CCO4)(NC(=O)[O-])CC3CC)nc2)c2c(C#N)cnn2c1. The highest BCUT2D eigenvalue weighted by Gasteiger charge is 2.42. The first kappa shape index (κ1) is 26.7. The van der Waals surface area contributed by atoms with Gasteiger partial charge in [0.2, 0.25) is 0 Å². The summed E-state index contributed by atoms with van der Waals surface area (Å²) in [5.74, 6) is 1.50. The van der Waals surface area contributed by atoms with Gasteiger partial charge in [-0.05, 0) is 44.4 Å². The number of carbonyl (C=O) groups excluding carboxylic acids is 1. The van der Waals surface area contributed by atoms with Crippen LogP contribution in [-0.2, 0) is 4.74 Å². The molecule has 0 saturated carbocycles. The maximum absolute atomic E-state index is 11.7. The maximum atomic E-state index is 11.7. The number of aromatic nitrogens is 3. The van der Waals surface area contributed by atoms with Gasteiger partial charge in [0.1, 0.15) is 36.4 Å². The molecule has 2 fully saturated rings. The predicted octanol–water partition coefficient (Wildman–Crippen LogP) is 1.07. The molecule has 0 spiro atoms. The van der Waals surface area contributed by atoms with E-state index >= 15 is 0 Å². The molecular formula is C28H35N7O4. The van der Waals surface area contributed by atoms with E-state index in [1.165, 1.54) is 0 Å². The number of piperidine rings is 1. The molecule has 1 amide bonds. The molecule has 0 bridgehead atoms. The number of amides is 1. The number of hydrogen-bond acceptors (Lipinski definition) is 8. The van der Waals surface area contributed by atoms with Gasteiger partial charge in [0.05, 0.1) is 43.2 Å². The summed E-state index contributed by atoms with van der Waals surface area (Å²) in [6, 6.07) is 8.23. The minimum absolute atomic E-state index is 0.0122. The third kappa shape index (κ3) is 5.62. The van der Waals surface area contributed by atoms with Crippen LogP contribution in [0.3, 0.4) is 0 Å². The van der Waals surface area contributed by atoms with Gasteiger partial charge in [-0.15, -0.1) is 0 Å². The molecule has 5 rings (SSSR count). The van der Waals surface area contributed by atoms with Crippen LogP contribution in [-0.4, -0.2) is 71.2 Å². The summed E-state index contributed by atoms with van der Waals surface area (Å²) in [5, 5.41) is 30.6. The average Bonchev–Trinajstić information content (AvgIpc) is 3.36. The Bertz CT molecular complexity index is 1350. The van der Waals surface area contributed by atoms with E-state index in [2.05, 4.69) is 33.6 Å². The fourth-order valence-electron chi connectivity index (χ4n) is 6.04. The van der Waals surface area contributed by atoms with Crippen molar-refractivity contribution in [2.45, 2.75) is 57.2 Å². The van der Waals surface area contributed by atoms with Crippen molar-refractivity contribution in [3.63, 3.8) is 0 Å². The number of carboxylic acid groups (broad SMARTS) is 1. The monoisotopic (exact) mass is 533 g/mol. The van der Waals surface area contributed by atoms with Crippen molar-refractivity contribution in [2.24, 2.45) is 0 Å². The Balaban J connectivity index is 1.40. The molecule has 0 radical (unpaired) electrons. The van der Waals surface area contributed by atoms with Gasteiger partial charge in [0.15, 0.2) is 0 Å². The lowest BCUT2D eigenvalue weighted by Gasteiger charge is -2.49. The molecule has 5 heterocycles. The third-order valence-electron chi connectivity index (χ3n) is 7.83. The first-order chi connectivity index (χ1) is 18.9. The van der Waals surface area contributed by atoms with E-state index < -0.39 is 11.6 Å². The third-order valence-corrected chi connectivity index (χ3v) is 7.83. The first-order valence-electron chi connectivity index (χ1n) is 13.6. The molecular weight excluding hydrogens is 498 g/mol. The standard InChI is InChI=1S/C28H35N7O4/c1-3-21-12-28(33-27(36)37,13-23-17-30-8-10-39-23)7-9-34(21)25-6-5-19(15-31-25)24-11-22(38-4-2)18-35-26(24)20(14-29)16-32-35/h5-6,11,15-16,18,21,23,30,33H,3-4,7-10,12-13,17H2,1-2H3,(H,36,37). The van der Waals surface area contributed by atoms with Crippen molar-refractivity contribution in [1.29, 1.82) is 5.26 Å². The number of carbonyl (C=O) groups is 1. The Morgan fingerprint density at radius 2 is 2.26 bits per heavy atom. The molecule has 3 N–H and O–H groups in total. The van der Waals surface area contributed by atoms with Gasteiger partial charge in [-0.2, -0.15) is 10.4 Å². The Kier molecular flexibility index (Phi) is 7.86. The Morgan fingerprint density at radius 1 is 1.38 bits per heavy atom. The van der Waals surface area contributed by atoms with Crippen LogP contribution in [0.4, 0.5) is 10.6 Å². The topological polar surface area (TPSA) is 144 Å². The summed E-state index contributed by atoms with van der Waals surface area (Å²) >= 11 is 0. The number of nitriles is 1. The van der Waals surface area contributed by atoms with Crippen molar-refractivity contribution in [3.8, 4) is 22.9 Å². The molecule has 39 heavy (non-hydrogen) atoms. The molecule has 11 heteroatoms. The Labute approximate surface area is 227 Å². The second-order valence-electron chi connectivity index (χ2n) is 10.3. The van der Waals surface area contributed by atoms with Gasteiger partial charge < -0.3 is 34.9 Å². The fourth-order valence-corrected chi connectivity index (χ4v) is 6.04. The number of nitrogens with two attached hydrogens (primary N) is 1. The number of rotatable bonds is 8. The highest BCUT2D eigenvalue weighted by molar-refractivity contribution is 5.85. The largest absolute Gasteiger partial charge is 0.530 e. The highest BCUT2D eigenvalue weighted by Crippen LogP contribution is 2.36. The number of ether oxygens (including phenoxy) is 2. The fraction of sp³-hybridized carbons (Fsp3) is 0.500. The molecule has 206 valence electrons. The Hall–Kier alpha value is -3.88. The van der Waals surface area contributed by atoms with Crippen LogP contribution >= 0.6 is 0 Å². The van der Waals surface area contributed by atoms with Crippen molar-refractivity contribution < 1.29 is 24.7 Å². The van der Waals surface area contributed by atoms with Crippen LogP contribution in [0.15, 0.2) is 36.8 Å². The second-order valence-corrected chi connectivity index (χ2v) is 10.3. The number of morpholine rings is 1. The van der Waals surface area contributed by atoms with Crippen LogP contribution in [0.25, 0.3) is 16.6 Å². The molecule has 0 aliphatic carbocycles. The lowest BCUT2D eigenvalue weighted by atomic mass is 9.78. The molecule has 0 aromatic carbocycles. The van der Waals surface area contributed by atoms with Crippen molar-refractivity contribution in [3.05, 3.63) is 42.4 Å². The average molecular weight is 534 g/mol. The molecule has 11 nitrogen and oxygen atoms in total. The zero-order chi connectivity index (χ0) is 27.4. The van der Waals surface area contributed by atoms with Crippen LogP contribution in [0.5, 0.6) is 5.75 Å². The summed E-state index contributed by atoms with van der Waals surface area (Å²) in [5.41, 5.74) is 2.27. The number of fused-ring (bicyclic) bond motifs is 1. The van der Waals surface area contributed by atoms with E-state index in [1.54, 1.807) is 16.9 Å². The van der Waals surface area contributed by atoms with Crippen molar-refractivity contribution in [2.75, 3.05) is 37.7 Å². The van der Waals surface area contributed by atoms with Crippen molar-refractivity contribution in [1.82, 2.24) is 19.9 Å². The van der Waals surface area contributed by atoms with Gasteiger partial charge >= 0.3 is 0 Å². The summed E-state index contributed by atoms with van der Waals surface area (Å²) in [6.45, 7) is 7.66. The predicted molar refractivity (Wildman–Crippen MR) is 142 cm³/mol.